The van der Waals surface area contributed by atoms with E-state index in [1.54, 1.807) is 4.68 Å². The predicted molar refractivity (Wildman–Crippen MR) is 134 cm³/mol. The maximum Gasteiger partial charge on any atom is 0.343 e. The number of hydrogen-bond acceptors (Lipinski definition) is 4. The molecule has 5 rings (SSSR count). The molecule has 1 heterocycles. The quantitative estimate of drug-likeness (QED) is 0.300. The molecule has 1 aliphatic rings. The minimum Gasteiger partial charge on any atom is -0.358 e. The Morgan fingerprint density at radius 3 is 2.37 bits per heavy atom. The molecule has 1 aromatic heterocycles. The zero-order valence-corrected chi connectivity index (χ0v) is 20.6. The third kappa shape index (κ3) is 4.48. The largest absolute Gasteiger partial charge is 0.358 e. The molecule has 0 aliphatic heterocycles. The van der Waals surface area contributed by atoms with Crippen LogP contribution in [0.3, 0.4) is 0 Å². The lowest BCUT2D eigenvalue weighted by molar-refractivity contribution is 0.422. The van der Waals surface area contributed by atoms with Crippen molar-refractivity contribution in [1.82, 2.24) is 9.78 Å². The molecule has 0 amide bonds. The first-order valence-electron chi connectivity index (χ1n) is 11.8. The molecule has 180 valence electrons. The first-order chi connectivity index (χ1) is 16.8. The van der Waals surface area contributed by atoms with Gasteiger partial charge in [0.2, 0.25) is 5.88 Å². The number of rotatable bonds is 6. The number of halogens is 1. The second-order valence-electron chi connectivity index (χ2n) is 8.96. The molecule has 0 fully saturated rings. The maximum absolute atomic E-state index is 14.4. The summed E-state index contributed by atoms with van der Waals surface area (Å²) in [7, 11) is -4.45. The molecule has 3 aromatic carbocycles. The van der Waals surface area contributed by atoms with Crippen LogP contribution in [0.25, 0.3) is 11.1 Å². The van der Waals surface area contributed by atoms with Crippen molar-refractivity contribution in [2.24, 2.45) is 0 Å². The Balaban J connectivity index is 1.64. The predicted octanol–water partition coefficient (Wildman–Crippen LogP) is 6.25. The smallest absolute Gasteiger partial charge is 0.343 e. The summed E-state index contributed by atoms with van der Waals surface area (Å²) >= 11 is 0. The normalized spacial score (nSPS) is 14.4. The third-order valence-corrected chi connectivity index (χ3v) is 7.87. The molecule has 0 saturated carbocycles. The van der Waals surface area contributed by atoms with Gasteiger partial charge in [-0.25, -0.2) is 9.07 Å². The van der Waals surface area contributed by atoms with Gasteiger partial charge in [-0.15, -0.1) is 0 Å². The number of benzene rings is 3. The molecular formula is C28H27FN2O3S. The van der Waals surface area contributed by atoms with Crippen LogP contribution in [0.2, 0.25) is 0 Å². The standard InChI is InChI=1S/C28H27FN2O3S/c1-19-27(22-11-4-3-5-12-22)28(34-35(32,33)26-15-9-8-14-25(26)29)31(30-19)20(2)23-17-16-21-10-6-7-13-24(21)18-23/h3-5,8-9,11-12,14-18,20H,6-7,10,13H2,1-2H3. The van der Waals surface area contributed by atoms with Crippen molar-refractivity contribution >= 4 is 10.1 Å². The van der Waals surface area contributed by atoms with E-state index in [2.05, 4.69) is 18.2 Å². The van der Waals surface area contributed by atoms with E-state index in [9.17, 15) is 12.8 Å². The van der Waals surface area contributed by atoms with Crippen LogP contribution >= 0.6 is 0 Å². The van der Waals surface area contributed by atoms with Gasteiger partial charge in [0, 0.05) is 0 Å². The van der Waals surface area contributed by atoms with E-state index in [1.807, 2.05) is 44.2 Å². The van der Waals surface area contributed by atoms with E-state index in [0.717, 1.165) is 30.0 Å². The van der Waals surface area contributed by atoms with Gasteiger partial charge in [0.1, 0.15) is 10.7 Å². The van der Waals surface area contributed by atoms with Gasteiger partial charge in [-0.3, -0.25) is 0 Å². The van der Waals surface area contributed by atoms with E-state index in [0.29, 0.717) is 11.3 Å². The van der Waals surface area contributed by atoms with Gasteiger partial charge in [0.05, 0.1) is 17.3 Å². The summed E-state index contributed by atoms with van der Waals surface area (Å²) in [5, 5.41) is 4.71. The highest BCUT2D eigenvalue weighted by Gasteiger charge is 2.29. The zero-order valence-electron chi connectivity index (χ0n) is 19.7. The highest BCUT2D eigenvalue weighted by atomic mass is 32.2. The van der Waals surface area contributed by atoms with Crippen molar-refractivity contribution in [3.05, 3.63) is 101 Å². The Morgan fingerprint density at radius 2 is 1.63 bits per heavy atom. The van der Waals surface area contributed by atoms with Crippen LogP contribution < -0.4 is 4.18 Å². The highest BCUT2D eigenvalue weighted by molar-refractivity contribution is 7.87. The minimum absolute atomic E-state index is 0.0715. The van der Waals surface area contributed by atoms with Gasteiger partial charge in [-0.05, 0) is 73.9 Å². The van der Waals surface area contributed by atoms with Crippen LogP contribution in [0.5, 0.6) is 5.88 Å². The van der Waals surface area contributed by atoms with E-state index < -0.39 is 20.8 Å². The molecule has 0 spiro atoms. The fraction of sp³-hybridized carbons (Fsp3) is 0.250. The van der Waals surface area contributed by atoms with Crippen LogP contribution in [0.15, 0.2) is 77.7 Å². The van der Waals surface area contributed by atoms with Crippen molar-refractivity contribution in [2.75, 3.05) is 0 Å². The van der Waals surface area contributed by atoms with Crippen LogP contribution in [0.4, 0.5) is 4.39 Å². The molecule has 35 heavy (non-hydrogen) atoms. The fourth-order valence-electron chi connectivity index (χ4n) is 4.76. The second-order valence-corrected chi connectivity index (χ2v) is 10.5. The first kappa shape index (κ1) is 23.3. The molecule has 0 bridgehead atoms. The number of aromatic nitrogens is 2. The van der Waals surface area contributed by atoms with Gasteiger partial charge in [-0.1, -0.05) is 60.7 Å². The number of hydrogen-bond donors (Lipinski definition) is 0. The van der Waals surface area contributed by atoms with Crippen molar-refractivity contribution in [3.8, 4) is 17.0 Å². The topological polar surface area (TPSA) is 61.2 Å². The molecule has 1 atom stereocenters. The van der Waals surface area contributed by atoms with E-state index >= 15 is 0 Å². The third-order valence-electron chi connectivity index (χ3n) is 6.62. The lowest BCUT2D eigenvalue weighted by Gasteiger charge is -2.21. The SMILES string of the molecule is Cc1nn(C(C)c2ccc3c(c2)CCCC3)c(OS(=O)(=O)c2ccccc2F)c1-c1ccccc1. The number of aryl methyl sites for hydroxylation is 3. The molecule has 4 aromatic rings. The van der Waals surface area contributed by atoms with E-state index in [1.165, 1.54) is 42.2 Å². The van der Waals surface area contributed by atoms with Gasteiger partial charge in [0.15, 0.2) is 0 Å². The summed E-state index contributed by atoms with van der Waals surface area (Å²) in [5.74, 6) is -0.790. The van der Waals surface area contributed by atoms with Crippen molar-refractivity contribution in [3.63, 3.8) is 0 Å². The number of nitrogens with zero attached hydrogens (tertiary/aromatic N) is 2. The average Bonchev–Trinajstić information content (AvgIpc) is 3.18. The van der Waals surface area contributed by atoms with Gasteiger partial charge in [-0.2, -0.15) is 13.5 Å². The van der Waals surface area contributed by atoms with Crippen molar-refractivity contribution < 1.29 is 17.0 Å². The van der Waals surface area contributed by atoms with Gasteiger partial charge < -0.3 is 4.18 Å². The Labute approximate surface area is 205 Å². The monoisotopic (exact) mass is 490 g/mol. The van der Waals surface area contributed by atoms with Crippen molar-refractivity contribution in [1.29, 1.82) is 0 Å². The van der Waals surface area contributed by atoms with Crippen LogP contribution in [0.1, 0.15) is 48.2 Å². The summed E-state index contributed by atoms with van der Waals surface area (Å²) in [6.07, 6.45) is 4.48. The Bertz CT molecular complexity index is 1480. The van der Waals surface area contributed by atoms with Crippen LogP contribution in [0, 0.1) is 12.7 Å². The molecule has 0 radical (unpaired) electrons. The lowest BCUT2D eigenvalue weighted by Crippen LogP contribution is -2.17. The highest BCUT2D eigenvalue weighted by Crippen LogP contribution is 2.39. The zero-order chi connectivity index (χ0) is 24.6. The summed E-state index contributed by atoms with van der Waals surface area (Å²) in [6, 6.07) is 20.7. The Hall–Kier alpha value is -3.45. The summed E-state index contributed by atoms with van der Waals surface area (Å²) in [4.78, 5) is -0.508. The Kier molecular flexibility index (Phi) is 6.19. The molecule has 0 N–H and O–H groups in total. The van der Waals surface area contributed by atoms with E-state index in [-0.39, 0.29) is 11.9 Å². The average molecular weight is 491 g/mol. The van der Waals surface area contributed by atoms with Gasteiger partial charge in [0.25, 0.3) is 0 Å². The Morgan fingerprint density at radius 1 is 0.943 bits per heavy atom. The lowest BCUT2D eigenvalue weighted by atomic mass is 9.89. The van der Waals surface area contributed by atoms with Crippen LogP contribution in [-0.4, -0.2) is 18.2 Å². The molecular weight excluding hydrogens is 463 g/mol. The molecule has 5 nitrogen and oxygen atoms in total. The molecule has 1 unspecified atom stereocenters. The first-order valence-corrected chi connectivity index (χ1v) is 13.2. The summed E-state index contributed by atoms with van der Waals surface area (Å²) in [5.41, 5.74) is 5.67. The number of fused-ring (bicyclic) bond motifs is 1. The summed E-state index contributed by atoms with van der Waals surface area (Å²) < 4.78 is 48.1. The molecule has 7 heteroatoms. The van der Waals surface area contributed by atoms with Crippen molar-refractivity contribution in [2.45, 2.75) is 50.5 Å². The van der Waals surface area contributed by atoms with E-state index in [4.69, 9.17) is 9.28 Å². The second kappa shape index (κ2) is 9.30. The molecule has 1 aliphatic carbocycles. The summed E-state index contributed by atoms with van der Waals surface area (Å²) in [6.45, 7) is 3.79. The van der Waals surface area contributed by atoms with Gasteiger partial charge >= 0.3 is 10.1 Å². The molecule has 0 saturated heterocycles. The fourth-order valence-corrected chi connectivity index (χ4v) is 5.77. The maximum atomic E-state index is 14.4. The van der Waals surface area contributed by atoms with Crippen LogP contribution in [-0.2, 0) is 23.0 Å². The minimum atomic E-state index is -4.45.